The number of aryl methyl sites for hydroxylation is 2. The molecule has 0 amide bonds. The largest absolute Gasteiger partial charge is 0.384 e. The zero-order chi connectivity index (χ0) is 12.0. The van der Waals surface area contributed by atoms with E-state index < -0.39 is 0 Å². The van der Waals surface area contributed by atoms with Crippen LogP contribution in [0.1, 0.15) is 35.1 Å². The number of hydrogen-bond acceptors (Lipinski definition) is 2. The van der Waals surface area contributed by atoms with E-state index in [1.54, 1.807) is 4.68 Å². The van der Waals surface area contributed by atoms with Crippen molar-refractivity contribution in [3.8, 4) is 0 Å². The predicted molar refractivity (Wildman–Crippen MR) is 68.9 cm³/mol. The molecular weight excluding hydrogens is 210 g/mol. The van der Waals surface area contributed by atoms with Crippen molar-refractivity contribution < 1.29 is 0 Å². The van der Waals surface area contributed by atoms with Gasteiger partial charge in [-0.25, -0.2) is 0 Å². The van der Waals surface area contributed by atoms with Crippen LogP contribution < -0.4 is 5.73 Å². The molecule has 0 saturated heterocycles. The standard InChI is InChI=1S/C14H17N3/c1-9-3-5-10(6-4-9)11-7-12(11)13-8-14(15)17(2)16-13/h3-6,8,11-12H,7,15H2,1-2H3/t11-,12-/m1/s1. The molecule has 0 unspecified atom stereocenters. The molecule has 1 aromatic heterocycles. The summed E-state index contributed by atoms with van der Waals surface area (Å²) >= 11 is 0. The van der Waals surface area contributed by atoms with Gasteiger partial charge in [-0.05, 0) is 24.8 Å². The van der Waals surface area contributed by atoms with Crippen molar-refractivity contribution in [3.63, 3.8) is 0 Å². The minimum Gasteiger partial charge on any atom is -0.384 e. The van der Waals surface area contributed by atoms with Crippen molar-refractivity contribution in [2.45, 2.75) is 25.2 Å². The second kappa shape index (κ2) is 3.62. The van der Waals surface area contributed by atoms with Crippen molar-refractivity contribution in [1.82, 2.24) is 9.78 Å². The molecule has 3 rings (SSSR count). The molecule has 2 N–H and O–H groups in total. The summed E-state index contributed by atoms with van der Waals surface area (Å²) in [5, 5.41) is 4.46. The molecule has 88 valence electrons. The topological polar surface area (TPSA) is 43.8 Å². The van der Waals surface area contributed by atoms with Gasteiger partial charge in [-0.2, -0.15) is 5.10 Å². The lowest BCUT2D eigenvalue weighted by Gasteiger charge is -1.99. The molecule has 0 spiro atoms. The van der Waals surface area contributed by atoms with Crippen LogP contribution in [-0.4, -0.2) is 9.78 Å². The van der Waals surface area contributed by atoms with E-state index in [0.29, 0.717) is 11.8 Å². The first-order chi connectivity index (χ1) is 8.15. The molecule has 17 heavy (non-hydrogen) atoms. The van der Waals surface area contributed by atoms with Crippen LogP contribution in [0.15, 0.2) is 30.3 Å². The second-order valence-corrected chi connectivity index (χ2v) is 4.98. The van der Waals surface area contributed by atoms with E-state index >= 15 is 0 Å². The molecule has 1 heterocycles. The van der Waals surface area contributed by atoms with Crippen LogP contribution in [-0.2, 0) is 7.05 Å². The third-order valence-corrected chi connectivity index (χ3v) is 3.61. The SMILES string of the molecule is Cc1ccc([C@H]2C[C@H]2c2cc(N)n(C)n2)cc1. The van der Waals surface area contributed by atoms with Gasteiger partial charge in [0.25, 0.3) is 0 Å². The first-order valence-electron chi connectivity index (χ1n) is 6.01. The second-order valence-electron chi connectivity index (χ2n) is 4.98. The van der Waals surface area contributed by atoms with Gasteiger partial charge in [-0.15, -0.1) is 0 Å². The van der Waals surface area contributed by atoms with Gasteiger partial charge in [0.05, 0.1) is 5.69 Å². The Bertz CT molecular complexity index is 520. The van der Waals surface area contributed by atoms with Gasteiger partial charge in [0.1, 0.15) is 5.82 Å². The minimum atomic E-state index is 0.557. The lowest BCUT2D eigenvalue weighted by molar-refractivity contribution is 0.749. The Morgan fingerprint density at radius 2 is 1.94 bits per heavy atom. The van der Waals surface area contributed by atoms with Crippen LogP contribution in [0.2, 0.25) is 0 Å². The van der Waals surface area contributed by atoms with E-state index in [1.165, 1.54) is 17.5 Å². The summed E-state index contributed by atoms with van der Waals surface area (Å²) in [4.78, 5) is 0. The summed E-state index contributed by atoms with van der Waals surface area (Å²) in [6.07, 6.45) is 1.19. The van der Waals surface area contributed by atoms with E-state index in [2.05, 4.69) is 36.3 Å². The molecule has 1 aliphatic carbocycles. The maximum Gasteiger partial charge on any atom is 0.121 e. The number of benzene rings is 1. The lowest BCUT2D eigenvalue weighted by atomic mass is 10.1. The van der Waals surface area contributed by atoms with Crippen molar-refractivity contribution in [3.05, 3.63) is 47.2 Å². The number of hydrogen-bond donors (Lipinski definition) is 1. The summed E-state index contributed by atoms with van der Waals surface area (Å²) in [6, 6.07) is 10.8. The van der Waals surface area contributed by atoms with Crippen LogP contribution in [0, 0.1) is 6.92 Å². The van der Waals surface area contributed by atoms with Gasteiger partial charge in [0, 0.05) is 19.0 Å². The Labute approximate surface area is 101 Å². The van der Waals surface area contributed by atoms with Crippen molar-refractivity contribution in [1.29, 1.82) is 0 Å². The highest BCUT2D eigenvalue weighted by atomic mass is 15.3. The molecule has 2 atom stereocenters. The fourth-order valence-corrected chi connectivity index (χ4v) is 2.39. The first kappa shape index (κ1) is 10.4. The van der Waals surface area contributed by atoms with Crippen LogP contribution >= 0.6 is 0 Å². The predicted octanol–water partition coefficient (Wildman–Crippen LogP) is 2.58. The summed E-state index contributed by atoms with van der Waals surface area (Å²) in [7, 11) is 1.89. The fourth-order valence-electron chi connectivity index (χ4n) is 2.39. The van der Waals surface area contributed by atoms with Gasteiger partial charge >= 0.3 is 0 Å². The maximum absolute atomic E-state index is 5.81. The number of nitrogen functional groups attached to an aromatic ring is 1. The first-order valence-corrected chi connectivity index (χ1v) is 6.01. The molecule has 1 aliphatic rings. The van der Waals surface area contributed by atoms with Crippen LogP contribution in [0.3, 0.4) is 0 Å². The summed E-state index contributed by atoms with van der Waals surface area (Å²) < 4.78 is 1.75. The quantitative estimate of drug-likeness (QED) is 0.857. The number of anilines is 1. The van der Waals surface area contributed by atoms with Crippen molar-refractivity contribution >= 4 is 5.82 Å². The molecule has 3 nitrogen and oxygen atoms in total. The average Bonchev–Trinajstić information content (AvgIpc) is 3.02. The van der Waals surface area contributed by atoms with E-state index in [0.717, 1.165) is 11.5 Å². The third-order valence-electron chi connectivity index (χ3n) is 3.61. The normalized spacial score (nSPS) is 22.7. The van der Waals surface area contributed by atoms with Crippen LogP contribution in [0.5, 0.6) is 0 Å². The zero-order valence-corrected chi connectivity index (χ0v) is 10.2. The number of rotatable bonds is 2. The van der Waals surface area contributed by atoms with Gasteiger partial charge in [0.15, 0.2) is 0 Å². The highest BCUT2D eigenvalue weighted by Crippen LogP contribution is 2.54. The lowest BCUT2D eigenvalue weighted by Crippen LogP contribution is -1.97. The molecule has 1 aromatic carbocycles. The number of nitrogens with zero attached hydrogens (tertiary/aromatic N) is 2. The smallest absolute Gasteiger partial charge is 0.121 e. The average molecular weight is 227 g/mol. The number of aromatic nitrogens is 2. The summed E-state index contributed by atoms with van der Waals surface area (Å²) in [5.74, 6) is 1.93. The van der Waals surface area contributed by atoms with Gasteiger partial charge in [0.2, 0.25) is 0 Å². The van der Waals surface area contributed by atoms with E-state index in [1.807, 2.05) is 13.1 Å². The Balaban J connectivity index is 1.80. The highest BCUT2D eigenvalue weighted by Gasteiger charge is 2.41. The molecular formula is C14H17N3. The minimum absolute atomic E-state index is 0.557. The van der Waals surface area contributed by atoms with Gasteiger partial charge in [-0.1, -0.05) is 29.8 Å². The monoisotopic (exact) mass is 227 g/mol. The molecule has 0 radical (unpaired) electrons. The number of nitrogens with two attached hydrogens (primary N) is 1. The molecule has 3 heteroatoms. The molecule has 1 fully saturated rings. The molecule has 2 aromatic rings. The van der Waals surface area contributed by atoms with Crippen molar-refractivity contribution in [2.24, 2.45) is 7.05 Å². The molecule has 0 aliphatic heterocycles. The molecule has 1 saturated carbocycles. The Morgan fingerprint density at radius 1 is 1.24 bits per heavy atom. The highest BCUT2D eigenvalue weighted by molar-refractivity contribution is 5.39. The van der Waals surface area contributed by atoms with Crippen LogP contribution in [0.25, 0.3) is 0 Å². The maximum atomic E-state index is 5.81. The van der Waals surface area contributed by atoms with Crippen molar-refractivity contribution in [2.75, 3.05) is 5.73 Å². The Kier molecular flexibility index (Phi) is 2.21. The fraction of sp³-hybridized carbons (Fsp3) is 0.357. The Morgan fingerprint density at radius 3 is 2.53 bits per heavy atom. The zero-order valence-electron chi connectivity index (χ0n) is 10.2. The van der Waals surface area contributed by atoms with Gasteiger partial charge < -0.3 is 5.73 Å². The summed E-state index contributed by atoms with van der Waals surface area (Å²) in [6.45, 7) is 2.12. The van der Waals surface area contributed by atoms with Crippen LogP contribution in [0.4, 0.5) is 5.82 Å². The van der Waals surface area contributed by atoms with E-state index in [9.17, 15) is 0 Å². The molecule has 0 bridgehead atoms. The van der Waals surface area contributed by atoms with E-state index in [-0.39, 0.29) is 0 Å². The Hall–Kier alpha value is -1.77. The van der Waals surface area contributed by atoms with E-state index in [4.69, 9.17) is 5.73 Å². The summed E-state index contributed by atoms with van der Waals surface area (Å²) in [5.41, 5.74) is 9.68. The van der Waals surface area contributed by atoms with Gasteiger partial charge in [-0.3, -0.25) is 4.68 Å². The third kappa shape index (κ3) is 1.82.